The maximum absolute atomic E-state index is 13.6. The predicted molar refractivity (Wildman–Crippen MR) is 121 cm³/mol. The van der Waals surface area contributed by atoms with Crippen LogP contribution in [0.15, 0.2) is 42.7 Å². The van der Waals surface area contributed by atoms with Crippen LogP contribution in [0.25, 0.3) is 17.1 Å². The monoisotopic (exact) mass is 430 g/mol. The van der Waals surface area contributed by atoms with Crippen molar-refractivity contribution < 1.29 is 4.39 Å². The summed E-state index contributed by atoms with van der Waals surface area (Å²) < 4.78 is 17.5. The highest BCUT2D eigenvalue weighted by Gasteiger charge is 2.26. The minimum atomic E-state index is -0.224. The zero-order chi connectivity index (χ0) is 22.2. The molecule has 0 aliphatic heterocycles. The van der Waals surface area contributed by atoms with Crippen LogP contribution < -0.4 is 0 Å². The molecule has 1 saturated carbocycles. The molecule has 0 atom stereocenters. The van der Waals surface area contributed by atoms with Crippen molar-refractivity contribution in [2.45, 2.75) is 53.0 Å². The van der Waals surface area contributed by atoms with E-state index in [1.54, 1.807) is 6.33 Å². The Morgan fingerprint density at radius 2 is 1.81 bits per heavy atom. The fourth-order valence-corrected chi connectivity index (χ4v) is 4.30. The molecule has 0 radical (unpaired) electrons. The molecule has 3 heterocycles. The van der Waals surface area contributed by atoms with Gasteiger partial charge in [-0.3, -0.25) is 4.68 Å². The van der Waals surface area contributed by atoms with Crippen molar-refractivity contribution >= 4 is 0 Å². The highest BCUT2D eigenvalue weighted by Crippen LogP contribution is 2.35. The van der Waals surface area contributed by atoms with Crippen molar-refractivity contribution in [1.82, 2.24) is 29.5 Å². The zero-order valence-corrected chi connectivity index (χ0v) is 18.7. The normalized spacial score (nSPS) is 13.6. The van der Waals surface area contributed by atoms with Crippen LogP contribution >= 0.6 is 0 Å². The van der Waals surface area contributed by atoms with Crippen molar-refractivity contribution in [1.29, 1.82) is 0 Å². The van der Waals surface area contributed by atoms with Crippen molar-refractivity contribution in [3.8, 4) is 17.1 Å². The van der Waals surface area contributed by atoms with Crippen LogP contribution in [0.2, 0.25) is 0 Å². The van der Waals surface area contributed by atoms with Crippen LogP contribution in [0.5, 0.6) is 0 Å². The molecule has 7 heteroatoms. The summed E-state index contributed by atoms with van der Waals surface area (Å²) in [7, 11) is 0. The van der Waals surface area contributed by atoms with Crippen molar-refractivity contribution in [2.75, 3.05) is 0 Å². The molecule has 0 spiro atoms. The van der Waals surface area contributed by atoms with Gasteiger partial charge in [-0.1, -0.05) is 6.92 Å². The van der Waals surface area contributed by atoms with Crippen LogP contribution in [-0.2, 0) is 19.4 Å². The number of hydrogen-bond acceptors (Lipinski definition) is 4. The topological polar surface area (TPSA) is 61.4 Å². The minimum Gasteiger partial charge on any atom is -0.264 e. The van der Waals surface area contributed by atoms with Gasteiger partial charge < -0.3 is 0 Å². The molecule has 0 N–H and O–H groups in total. The van der Waals surface area contributed by atoms with Gasteiger partial charge in [-0.25, -0.2) is 19.0 Å². The van der Waals surface area contributed by atoms with E-state index >= 15 is 0 Å². The van der Waals surface area contributed by atoms with E-state index in [1.807, 2.05) is 42.8 Å². The number of benzene rings is 1. The molecule has 0 unspecified atom stereocenters. The Bertz CT molecular complexity index is 1250. The van der Waals surface area contributed by atoms with Gasteiger partial charge in [0, 0.05) is 35.9 Å². The molecule has 1 aromatic carbocycles. The average Bonchev–Trinajstić information content (AvgIpc) is 3.44. The summed E-state index contributed by atoms with van der Waals surface area (Å²) in [6, 6.07) is 10.8. The second-order valence-electron chi connectivity index (χ2n) is 8.64. The van der Waals surface area contributed by atoms with Crippen molar-refractivity contribution in [2.24, 2.45) is 5.92 Å². The first kappa shape index (κ1) is 20.5. The lowest BCUT2D eigenvalue weighted by molar-refractivity contribution is 0.563. The van der Waals surface area contributed by atoms with Crippen LogP contribution in [0.1, 0.15) is 48.1 Å². The summed E-state index contributed by atoms with van der Waals surface area (Å²) in [6.45, 7) is 7.05. The highest BCUT2D eigenvalue weighted by molar-refractivity contribution is 5.65. The number of aryl methyl sites for hydroxylation is 2. The number of aromatic nitrogens is 6. The van der Waals surface area contributed by atoms with E-state index in [9.17, 15) is 4.39 Å². The van der Waals surface area contributed by atoms with Gasteiger partial charge in [-0.05, 0) is 69.4 Å². The fourth-order valence-electron chi connectivity index (χ4n) is 4.30. The largest absolute Gasteiger partial charge is 0.264 e. The third kappa shape index (κ3) is 4.07. The van der Waals surface area contributed by atoms with E-state index in [2.05, 4.69) is 26.7 Å². The Morgan fingerprint density at radius 1 is 1.03 bits per heavy atom. The molecule has 1 aliphatic rings. The third-order valence-corrected chi connectivity index (χ3v) is 6.02. The lowest BCUT2D eigenvalue weighted by Crippen LogP contribution is -2.06. The number of rotatable bonds is 7. The Morgan fingerprint density at radius 3 is 2.47 bits per heavy atom. The molecular weight excluding hydrogens is 403 g/mol. The Labute approximate surface area is 187 Å². The third-order valence-electron chi connectivity index (χ3n) is 6.02. The van der Waals surface area contributed by atoms with Gasteiger partial charge in [0.1, 0.15) is 12.1 Å². The first-order chi connectivity index (χ1) is 15.5. The van der Waals surface area contributed by atoms with Gasteiger partial charge in [0.25, 0.3) is 0 Å². The Kier molecular flexibility index (Phi) is 5.33. The molecule has 5 rings (SSSR count). The van der Waals surface area contributed by atoms with E-state index in [0.29, 0.717) is 12.3 Å². The van der Waals surface area contributed by atoms with Crippen LogP contribution in [0.3, 0.4) is 0 Å². The summed E-state index contributed by atoms with van der Waals surface area (Å²) in [6.07, 6.45) is 5.55. The molecule has 1 aliphatic carbocycles. The molecule has 164 valence electrons. The molecule has 6 nitrogen and oxygen atoms in total. The van der Waals surface area contributed by atoms with E-state index < -0.39 is 0 Å². The SMILES string of the molecule is CCc1c(Cc2cc(-n3nc(C)cc3C)ncn2)nn(CC2CC2)c1-c1ccc(F)cc1. The van der Waals surface area contributed by atoms with Gasteiger partial charge in [-0.2, -0.15) is 10.2 Å². The predicted octanol–water partition coefficient (Wildman–Crippen LogP) is 4.84. The molecule has 32 heavy (non-hydrogen) atoms. The molecule has 3 aromatic heterocycles. The number of hydrogen-bond donors (Lipinski definition) is 0. The molecular formula is C25H27FN6. The molecule has 1 fully saturated rings. The van der Waals surface area contributed by atoms with Gasteiger partial charge in [-0.15, -0.1) is 0 Å². The molecule has 0 bridgehead atoms. The summed E-state index contributed by atoms with van der Waals surface area (Å²) >= 11 is 0. The zero-order valence-electron chi connectivity index (χ0n) is 18.7. The standard InChI is InChI=1S/C25H27FN6/c1-4-22-23(12-21-13-24(28-15-27-21)32-17(3)11-16(2)29-32)30-31(14-18-5-6-18)25(22)19-7-9-20(26)10-8-19/h7-11,13,15,18H,4-6,12,14H2,1-3H3. The Hall–Kier alpha value is -3.35. The summed E-state index contributed by atoms with van der Waals surface area (Å²) in [5.74, 6) is 1.22. The van der Waals surface area contributed by atoms with E-state index in [-0.39, 0.29) is 5.82 Å². The van der Waals surface area contributed by atoms with E-state index in [4.69, 9.17) is 5.10 Å². The molecule has 4 aromatic rings. The first-order valence-corrected chi connectivity index (χ1v) is 11.2. The lowest BCUT2D eigenvalue weighted by Gasteiger charge is -2.09. The second kappa shape index (κ2) is 8.30. The van der Waals surface area contributed by atoms with Crippen LogP contribution in [-0.4, -0.2) is 29.5 Å². The van der Waals surface area contributed by atoms with E-state index in [1.165, 1.54) is 30.5 Å². The van der Waals surface area contributed by atoms with Crippen molar-refractivity contribution in [3.63, 3.8) is 0 Å². The van der Waals surface area contributed by atoms with Gasteiger partial charge >= 0.3 is 0 Å². The smallest absolute Gasteiger partial charge is 0.157 e. The maximum Gasteiger partial charge on any atom is 0.157 e. The Balaban J connectivity index is 1.53. The van der Waals surface area contributed by atoms with Crippen LogP contribution in [0.4, 0.5) is 4.39 Å². The quantitative estimate of drug-likeness (QED) is 0.421. The number of nitrogens with zero attached hydrogens (tertiary/aromatic N) is 6. The van der Waals surface area contributed by atoms with Crippen molar-refractivity contribution in [3.05, 3.63) is 76.9 Å². The minimum absolute atomic E-state index is 0.224. The lowest BCUT2D eigenvalue weighted by atomic mass is 10.0. The first-order valence-electron chi connectivity index (χ1n) is 11.2. The second-order valence-corrected chi connectivity index (χ2v) is 8.64. The van der Waals surface area contributed by atoms with Gasteiger partial charge in [0.05, 0.1) is 22.8 Å². The summed E-state index contributed by atoms with van der Waals surface area (Å²) in [5.41, 5.74) is 7.22. The van der Waals surface area contributed by atoms with Gasteiger partial charge in [0.2, 0.25) is 0 Å². The summed E-state index contributed by atoms with van der Waals surface area (Å²) in [4.78, 5) is 8.94. The van der Waals surface area contributed by atoms with Crippen LogP contribution in [0, 0.1) is 25.6 Å². The maximum atomic E-state index is 13.6. The van der Waals surface area contributed by atoms with Gasteiger partial charge in [0.15, 0.2) is 5.82 Å². The highest BCUT2D eigenvalue weighted by atomic mass is 19.1. The molecule has 0 saturated heterocycles. The fraction of sp³-hybridized carbons (Fsp3) is 0.360. The average molecular weight is 431 g/mol. The molecule has 0 amide bonds. The van der Waals surface area contributed by atoms with E-state index in [0.717, 1.165) is 52.8 Å². The summed E-state index contributed by atoms with van der Waals surface area (Å²) in [5, 5.41) is 9.56. The number of halogens is 1.